The molecule has 0 amide bonds. The predicted molar refractivity (Wildman–Crippen MR) is 89.8 cm³/mol. The largest absolute Gasteiger partial charge is 0.508 e. The summed E-state index contributed by atoms with van der Waals surface area (Å²) in [5.41, 5.74) is 4.97. The zero-order valence-electron chi connectivity index (χ0n) is 12.5. The fourth-order valence-electron chi connectivity index (χ4n) is 2.61. The molecule has 0 unspecified atom stereocenters. The van der Waals surface area contributed by atoms with E-state index in [0.717, 1.165) is 39.2 Å². The number of benzene rings is 2. The molecule has 0 spiro atoms. The second-order valence-corrected chi connectivity index (χ2v) is 5.41. The van der Waals surface area contributed by atoms with Crippen LogP contribution in [0.5, 0.6) is 5.75 Å². The SMILES string of the molecule is Cc1c(Nc2cc(-c3ccc(O)cc3)[nH]n2)ccc2[nH]ncc12. The molecule has 6 nitrogen and oxygen atoms in total. The van der Waals surface area contributed by atoms with Gasteiger partial charge in [-0.15, -0.1) is 0 Å². The van der Waals surface area contributed by atoms with Crippen LogP contribution in [-0.4, -0.2) is 25.5 Å². The molecule has 0 saturated carbocycles. The number of aromatic nitrogens is 4. The van der Waals surface area contributed by atoms with E-state index < -0.39 is 0 Å². The van der Waals surface area contributed by atoms with Gasteiger partial charge in [0.25, 0.3) is 0 Å². The standard InChI is InChI=1S/C17H15N5O/c1-10-13-9-18-20-15(13)7-6-14(10)19-17-8-16(21-22-17)11-2-4-12(23)5-3-11/h2-9,23H,1H3,(H,18,20)(H2,19,21,22). The Morgan fingerprint density at radius 1 is 1.04 bits per heavy atom. The first kappa shape index (κ1) is 13.4. The van der Waals surface area contributed by atoms with E-state index in [0.29, 0.717) is 0 Å². The third-order valence-corrected chi connectivity index (χ3v) is 3.91. The molecule has 2 aromatic heterocycles. The Balaban J connectivity index is 1.64. The number of aryl methyl sites for hydroxylation is 1. The molecular weight excluding hydrogens is 290 g/mol. The van der Waals surface area contributed by atoms with Crippen LogP contribution in [-0.2, 0) is 0 Å². The van der Waals surface area contributed by atoms with E-state index in [4.69, 9.17) is 0 Å². The van der Waals surface area contributed by atoms with Gasteiger partial charge < -0.3 is 10.4 Å². The number of hydrogen-bond donors (Lipinski definition) is 4. The lowest BCUT2D eigenvalue weighted by atomic mass is 10.1. The van der Waals surface area contributed by atoms with Gasteiger partial charge >= 0.3 is 0 Å². The molecule has 114 valence electrons. The smallest absolute Gasteiger partial charge is 0.152 e. The highest BCUT2D eigenvalue weighted by molar-refractivity contribution is 5.87. The lowest BCUT2D eigenvalue weighted by Gasteiger charge is -2.07. The van der Waals surface area contributed by atoms with E-state index in [9.17, 15) is 5.11 Å². The van der Waals surface area contributed by atoms with Crippen LogP contribution in [0.4, 0.5) is 11.5 Å². The Labute approximate surface area is 132 Å². The molecule has 2 aromatic carbocycles. The molecule has 23 heavy (non-hydrogen) atoms. The summed E-state index contributed by atoms with van der Waals surface area (Å²) in [6, 6.07) is 12.9. The maximum Gasteiger partial charge on any atom is 0.152 e. The van der Waals surface area contributed by atoms with Crippen molar-refractivity contribution < 1.29 is 5.11 Å². The van der Waals surface area contributed by atoms with Crippen molar-refractivity contribution in [2.45, 2.75) is 6.92 Å². The zero-order valence-corrected chi connectivity index (χ0v) is 12.5. The van der Waals surface area contributed by atoms with Crippen molar-refractivity contribution in [2.24, 2.45) is 0 Å². The monoisotopic (exact) mass is 305 g/mol. The summed E-state index contributed by atoms with van der Waals surface area (Å²) in [7, 11) is 0. The lowest BCUT2D eigenvalue weighted by molar-refractivity contribution is 0.475. The summed E-state index contributed by atoms with van der Waals surface area (Å²) in [6.07, 6.45) is 1.82. The average molecular weight is 305 g/mol. The van der Waals surface area contributed by atoms with Gasteiger partial charge in [0, 0.05) is 17.1 Å². The number of aromatic amines is 2. The second kappa shape index (κ2) is 5.17. The van der Waals surface area contributed by atoms with Gasteiger partial charge in [0.1, 0.15) is 5.75 Å². The molecular formula is C17H15N5O. The highest BCUT2D eigenvalue weighted by atomic mass is 16.3. The molecule has 0 aliphatic heterocycles. The first-order valence-electron chi connectivity index (χ1n) is 7.25. The van der Waals surface area contributed by atoms with Gasteiger partial charge in [-0.25, -0.2) is 0 Å². The van der Waals surface area contributed by atoms with Gasteiger partial charge in [-0.3, -0.25) is 10.2 Å². The summed E-state index contributed by atoms with van der Waals surface area (Å²) in [4.78, 5) is 0. The van der Waals surface area contributed by atoms with E-state index in [1.54, 1.807) is 12.1 Å². The van der Waals surface area contributed by atoms with Crippen molar-refractivity contribution in [1.82, 2.24) is 20.4 Å². The number of nitrogens with one attached hydrogen (secondary N) is 3. The second-order valence-electron chi connectivity index (χ2n) is 5.41. The maximum atomic E-state index is 9.36. The Kier molecular flexibility index (Phi) is 3.01. The van der Waals surface area contributed by atoms with Crippen molar-refractivity contribution in [3.63, 3.8) is 0 Å². The molecule has 2 heterocycles. The summed E-state index contributed by atoms with van der Waals surface area (Å²) in [6.45, 7) is 2.05. The quantitative estimate of drug-likeness (QED) is 0.464. The predicted octanol–water partition coefficient (Wildman–Crippen LogP) is 3.71. The number of aromatic hydroxyl groups is 1. The van der Waals surface area contributed by atoms with E-state index in [1.165, 1.54) is 0 Å². The van der Waals surface area contributed by atoms with Gasteiger partial charge in [0.05, 0.1) is 17.4 Å². The van der Waals surface area contributed by atoms with Crippen molar-refractivity contribution in [3.05, 3.63) is 54.2 Å². The minimum absolute atomic E-state index is 0.246. The molecule has 0 radical (unpaired) electrons. The molecule has 0 bridgehead atoms. The van der Waals surface area contributed by atoms with Crippen LogP contribution in [0, 0.1) is 6.92 Å². The number of nitrogens with zero attached hydrogens (tertiary/aromatic N) is 2. The zero-order chi connectivity index (χ0) is 15.8. The number of phenols is 1. The van der Waals surface area contributed by atoms with Gasteiger partial charge in [-0.1, -0.05) is 0 Å². The summed E-state index contributed by atoms with van der Waals surface area (Å²) < 4.78 is 0. The normalized spacial score (nSPS) is 11.0. The number of hydrogen-bond acceptors (Lipinski definition) is 4. The van der Waals surface area contributed by atoms with Gasteiger partial charge in [-0.2, -0.15) is 10.2 Å². The molecule has 4 N–H and O–H groups in total. The molecule has 4 aromatic rings. The van der Waals surface area contributed by atoms with Crippen molar-refractivity contribution in [2.75, 3.05) is 5.32 Å². The number of phenolic OH excluding ortho intramolecular Hbond substituents is 1. The first-order chi connectivity index (χ1) is 11.2. The molecule has 0 saturated heterocycles. The maximum absolute atomic E-state index is 9.36. The van der Waals surface area contributed by atoms with Crippen molar-refractivity contribution in [1.29, 1.82) is 0 Å². The van der Waals surface area contributed by atoms with Crippen LogP contribution < -0.4 is 5.32 Å². The molecule has 4 rings (SSSR count). The summed E-state index contributed by atoms with van der Waals surface area (Å²) in [5, 5.41) is 28.1. The Hall–Kier alpha value is -3.28. The van der Waals surface area contributed by atoms with E-state index in [-0.39, 0.29) is 5.75 Å². The van der Waals surface area contributed by atoms with Crippen LogP contribution >= 0.6 is 0 Å². The van der Waals surface area contributed by atoms with Gasteiger partial charge in [0.15, 0.2) is 5.82 Å². The third-order valence-electron chi connectivity index (χ3n) is 3.91. The molecule has 6 heteroatoms. The van der Waals surface area contributed by atoms with Crippen LogP contribution in [0.25, 0.3) is 22.2 Å². The number of fused-ring (bicyclic) bond motifs is 1. The Bertz CT molecular complexity index is 968. The van der Waals surface area contributed by atoms with Crippen LogP contribution in [0.15, 0.2) is 48.7 Å². The fourth-order valence-corrected chi connectivity index (χ4v) is 2.61. The van der Waals surface area contributed by atoms with Gasteiger partial charge in [0.2, 0.25) is 0 Å². The van der Waals surface area contributed by atoms with Crippen molar-refractivity contribution in [3.8, 4) is 17.0 Å². The first-order valence-corrected chi connectivity index (χ1v) is 7.25. The Morgan fingerprint density at radius 2 is 1.87 bits per heavy atom. The van der Waals surface area contributed by atoms with Crippen LogP contribution in [0.3, 0.4) is 0 Å². The highest BCUT2D eigenvalue weighted by Gasteiger charge is 2.08. The number of rotatable bonds is 3. The molecule has 0 atom stereocenters. The van der Waals surface area contributed by atoms with Crippen LogP contribution in [0.2, 0.25) is 0 Å². The summed E-state index contributed by atoms with van der Waals surface area (Å²) >= 11 is 0. The topological polar surface area (TPSA) is 89.6 Å². The molecule has 0 aliphatic carbocycles. The highest BCUT2D eigenvalue weighted by Crippen LogP contribution is 2.28. The summed E-state index contributed by atoms with van der Waals surface area (Å²) in [5.74, 6) is 0.981. The Morgan fingerprint density at radius 3 is 2.70 bits per heavy atom. The number of anilines is 2. The fraction of sp³-hybridized carbons (Fsp3) is 0.0588. The molecule has 0 aliphatic rings. The lowest BCUT2D eigenvalue weighted by Crippen LogP contribution is -1.93. The minimum Gasteiger partial charge on any atom is -0.508 e. The van der Waals surface area contributed by atoms with E-state index >= 15 is 0 Å². The van der Waals surface area contributed by atoms with Gasteiger partial charge in [-0.05, 0) is 54.4 Å². The number of H-pyrrole nitrogens is 2. The minimum atomic E-state index is 0.246. The van der Waals surface area contributed by atoms with Crippen LogP contribution in [0.1, 0.15) is 5.56 Å². The van der Waals surface area contributed by atoms with E-state index in [1.807, 2.05) is 43.5 Å². The molecule has 0 fully saturated rings. The van der Waals surface area contributed by atoms with Crippen molar-refractivity contribution >= 4 is 22.4 Å². The average Bonchev–Trinajstić information content (AvgIpc) is 3.20. The van der Waals surface area contributed by atoms with E-state index in [2.05, 4.69) is 25.7 Å². The third kappa shape index (κ3) is 2.40.